The molecule has 0 amide bonds. The van der Waals surface area contributed by atoms with Crippen molar-refractivity contribution in [2.45, 2.75) is 27.2 Å². The largest absolute Gasteiger partial charge is 0.465 e. The zero-order chi connectivity index (χ0) is 16.0. The van der Waals surface area contributed by atoms with Crippen molar-refractivity contribution in [2.75, 3.05) is 24.6 Å². The third-order valence-electron chi connectivity index (χ3n) is 2.91. The number of rotatable bonds is 7. The summed E-state index contributed by atoms with van der Waals surface area (Å²) in [5.74, 6) is -1.11. The van der Waals surface area contributed by atoms with Crippen LogP contribution in [0.4, 0.5) is 15.8 Å². The van der Waals surface area contributed by atoms with Crippen molar-refractivity contribution in [3.63, 3.8) is 0 Å². The van der Waals surface area contributed by atoms with Gasteiger partial charge >= 0.3 is 5.97 Å². The maximum Gasteiger partial charge on any atom is 0.325 e. The van der Waals surface area contributed by atoms with Gasteiger partial charge in [0.2, 0.25) is 0 Å². The second kappa shape index (κ2) is 7.56. The van der Waals surface area contributed by atoms with Gasteiger partial charge in [0.15, 0.2) is 0 Å². The van der Waals surface area contributed by atoms with Gasteiger partial charge in [0.05, 0.1) is 17.6 Å². The van der Waals surface area contributed by atoms with Crippen LogP contribution in [0.2, 0.25) is 0 Å². The van der Waals surface area contributed by atoms with Crippen molar-refractivity contribution in [3.05, 3.63) is 33.6 Å². The number of anilines is 1. The first kappa shape index (κ1) is 16.9. The van der Waals surface area contributed by atoms with Gasteiger partial charge in [-0.1, -0.05) is 6.92 Å². The number of carbonyl (C=O) groups excluding carboxylic acids is 1. The summed E-state index contributed by atoms with van der Waals surface area (Å²) in [5, 5.41) is 11.1. The second-order valence-electron chi connectivity index (χ2n) is 4.57. The number of hydrogen-bond acceptors (Lipinski definition) is 5. The molecule has 1 aromatic carbocycles. The summed E-state index contributed by atoms with van der Waals surface area (Å²) in [6, 6.07) is 2.28. The van der Waals surface area contributed by atoms with Crippen LogP contribution in [0.3, 0.4) is 0 Å². The number of nitro groups is 1. The fraction of sp³-hybridized carbons (Fsp3) is 0.500. The van der Waals surface area contributed by atoms with E-state index < -0.39 is 16.7 Å². The lowest BCUT2D eigenvalue weighted by molar-refractivity contribution is -0.384. The van der Waals surface area contributed by atoms with Crippen molar-refractivity contribution < 1.29 is 18.8 Å². The van der Waals surface area contributed by atoms with Gasteiger partial charge < -0.3 is 9.64 Å². The Morgan fingerprint density at radius 3 is 2.62 bits per heavy atom. The minimum absolute atomic E-state index is 0.104. The lowest BCUT2D eigenvalue weighted by Crippen LogP contribution is -2.32. The molecule has 0 radical (unpaired) electrons. The molecule has 0 aromatic heterocycles. The molecule has 0 bridgehead atoms. The molecule has 0 saturated carbocycles. The summed E-state index contributed by atoms with van der Waals surface area (Å²) in [6.45, 7) is 5.67. The normalized spacial score (nSPS) is 10.3. The van der Waals surface area contributed by atoms with Crippen LogP contribution < -0.4 is 4.90 Å². The first-order chi connectivity index (χ1) is 9.90. The van der Waals surface area contributed by atoms with Gasteiger partial charge in [-0.3, -0.25) is 14.9 Å². The van der Waals surface area contributed by atoms with E-state index in [-0.39, 0.29) is 24.5 Å². The highest BCUT2D eigenvalue weighted by molar-refractivity contribution is 5.78. The molecule has 0 fully saturated rings. The summed E-state index contributed by atoms with van der Waals surface area (Å²) in [5.41, 5.74) is 0.171. The van der Waals surface area contributed by atoms with E-state index in [9.17, 15) is 19.3 Å². The van der Waals surface area contributed by atoms with E-state index >= 15 is 0 Å². The Morgan fingerprint density at radius 1 is 1.43 bits per heavy atom. The number of carbonyl (C=O) groups is 1. The molecule has 7 heteroatoms. The summed E-state index contributed by atoms with van der Waals surface area (Å²) < 4.78 is 18.4. The molecule has 0 N–H and O–H groups in total. The minimum atomic E-state index is -0.647. The van der Waals surface area contributed by atoms with Crippen LogP contribution in [0.25, 0.3) is 0 Å². The van der Waals surface area contributed by atoms with Crippen LogP contribution in [0, 0.1) is 22.9 Å². The van der Waals surface area contributed by atoms with E-state index in [1.54, 1.807) is 11.8 Å². The Hall–Kier alpha value is -2.18. The first-order valence-corrected chi connectivity index (χ1v) is 6.75. The van der Waals surface area contributed by atoms with Crippen LogP contribution in [0.15, 0.2) is 12.1 Å². The number of ether oxygens (including phenoxy) is 1. The highest BCUT2D eigenvalue weighted by Gasteiger charge is 2.23. The van der Waals surface area contributed by atoms with Gasteiger partial charge in [0.1, 0.15) is 18.0 Å². The third kappa shape index (κ3) is 4.40. The summed E-state index contributed by atoms with van der Waals surface area (Å²) in [6.07, 6.45) is 0.687. The minimum Gasteiger partial charge on any atom is -0.465 e. The molecule has 0 aliphatic carbocycles. The number of aryl methyl sites for hydroxylation is 1. The standard InChI is InChI=1S/C14H19FN2O4/c1-4-6-16(9-14(18)21-5-2)12-7-10(3)11(15)8-13(12)17(19)20/h7-8H,4-6,9H2,1-3H3. The fourth-order valence-electron chi connectivity index (χ4n) is 1.97. The smallest absolute Gasteiger partial charge is 0.325 e. The van der Waals surface area contributed by atoms with E-state index in [2.05, 4.69) is 0 Å². The van der Waals surface area contributed by atoms with Crippen molar-refractivity contribution in [1.82, 2.24) is 0 Å². The average Bonchev–Trinajstić information content (AvgIpc) is 2.41. The molecule has 1 aromatic rings. The maximum atomic E-state index is 13.5. The van der Waals surface area contributed by atoms with E-state index in [4.69, 9.17) is 4.74 Å². The molecule has 0 saturated heterocycles. The van der Waals surface area contributed by atoms with Gasteiger partial charge in [-0.25, -0.2) is 4.39 Å². The maximum absolute atomic E-state index is 13.5. The van der Waals surface area contributed by atoms with Crippen molar-refractivity contribution in [3.8, 4) is 0 Å². The summed E-state index contributed by atoms with van der Waals surface area (Å²) in [7, 11) is 0. The van der Waals surface area contributed by atoms with Crippen LogP contribution in [0.5, 0.6) is 0 Å². The highest BCUT2D eigenvalue weighted by atomic mass is 19.1. The molecule has 0 spiro atoms. The molecule has 6 nitrogen and oxygen atoms in total. The molecular formula is C14H19FN2O4. The van der Waals surface area contributed by atoms with Crippen LogP contribution >= 0.6 is 0 Å². The van der Waals surface area contributed by atoms with Crippen molar-refractivity contribution >= 4 is 17.3 Å². The molecule has 0 atom stereocenters. The van der Waals surface area contributed by atoms with Gasteiger partial charge in [-0.15, -0.1) is 0 Å². The average molecular weight is 298 g/mol. The fourth-order valence-corrected chi connectivity index (χ4v) is 1.97. The van der Waals surface area contributed by atoms with Crippen LogP contribution in [-0.4, -0.2) is 30.6 Å². The van der Waals surface area contributed by atoms with Gasteiger partial charge in [0.25, 0.3) is 5.69 Å². The predicted octanol–water partition coefficient (Wildman–Crippen LogP) is 2.82. The lowest BCUT2D eigenvalue weighted by atomic mass is 10.1. The molecule has 0 aliphatic heterocycles. The van der Waals surface area contributed by atoms with E-state index in [0.29, 0.717) is 18.5 Å². The summed E-state index contributed by atoms with van der Waals surface area (Å²) in [4.78, 5) is 23.6. The number of nitrogens with zero attached hydrogens (tertiary/aromatic N) is 2. The molecule has 116 valence electrons. The van der Waals surface area contributed by atoms with E-state index in [0.717, 1.165) is 6.07 Å². The van der Waals surface area contributed by atoms with Crippen molar-refractivity contribution in [2.24, 2.45) is 0 Å². The van der Waals surface area contributed by atoms with Gasteiger partial charge in [-0.2, -0.15) is 0 Å². The zero-order valence-electron chi connectivity index (χ0n) is 12.4. The summed E-state index contributed by atoms with van der Waals surface area (Å²) >= 11 is 0. The topological polar surface area (TPSA) is 72.7 Å². The van der Waals surface area contributed by atoms with Crippen molar-refractivity contribution in [1.29, 1.82) is 0 Å². The molecular weight excluding hydrogens is 279 g/mol. The molecule has 0 aliphatic rings. The second-order valence-corrected chi connectivity index (χ2v) is 4.57. The quantitative estimate of drug-likeness (QED) is 0.439. The van der Waals surface area contributed by atoms with E-state index in [1.165, 1.54) is 13.0 Å². The first-order valence-electron chi connectivity index (χ1n) is 6.75. The van der Waals surface area contributed by atoms with Gasteiger partial charge in [0, 0.05) is 6.54 Å². The van der Waals surface area contributed by atoms with Crippen LogP contribution in [-0.2, 0) is 9.53 Å². The third-order valence-corrected chi connectivity index (χ3v) is 2.91. The Kier molecular flexibility index (Phi) is 6.08. The monoisotopic (exact) mass is 298 g/mol. The van der Waals surface area contributed by atoms with Crippen LogP contribution in [0.1, 0.15) is 25.8 Å². The number of hydrogen-bond donors (Lipinski definition) is 0. The molecule has 0 unspecified atom stereocenters. The van der Waals surface area contributed by atoms with E-state index in [1.807, 2.05) is 6.92 Å². The lowest BCUT2D eigenvalue weighted by Gasteiger charge is -2.23. The number of benzene rings is 1. The van der Waals surface area contributed by atoms with Gasteiger partial charge in [-0.05, 0) is 31.9 Å². The molecule has 1 rings (SSSR count). The Bertz CT molecular complexity index is 534. The predicted molar refractivity (Wildman–Crippen MR) is 76.9 cm³/mol. The molecule has 0 heterocycles. The number of esters is 1. The molecule has 21 heavy (non-hydrogen) atoms. The Morgan fingerprint density at radius 2 is 2.10 bits per heavy atom. The SMILES string of the molecule is CCCN(CC(=O)OCC)c1cc(C)c(F)cc1[N+](=O)[O-]. The Balaban J connectivity index is 3.20. The number of nitro benzene ring substituents is 1. The highest BCUT2D eigenvalue weighted by Crippen LogP contribution is 2.31. The number of halogens is 1. The zero-order valence-corrected chi connectivity index (χ0v) is 12.4. The Labute approximate surface area is 122 Å².